The highest BCUT2D eigenvalue weighted by Crippen LogP contribution is 2.52. The summed E-state index contributed by atoms with van der Waals surface area (Å²) in [6.45, 7) is 2.28. The summed E-state index contributed by atoms with van der Waals surface area (Å²) >= 11 is 0. The number of ketones is 1. The van der Waals surface area contributed by atoms with E-state index in [9.17, 15) is 19.5 Å². The first-order chi connectivity index (χ1) is 14.2. The summed E-state index contributed by atoms with van der Waals surface area (Å²) in [4.78, 5) is 44.9. The van der Waals surface area contributed by atoms with Crippen molar-refractivity contribution in [3.05, 3.63) is 64.8 Å². The minimum Gasteiger partial charge on any atom is -0.503 e. The van der Waals surface area contributed by atoms with Crippen LogP contribution in [0.15, 0.2) is 52.1 Å². The number of nitrogens with zero attached hydrogens (tertiary/aromatic N) is 3. The predicted molar refractivity (Wildman–Crippen MR) is 109 cm³/mol. The molecule has 2 aliphatic heterocycles. The molecule has 30 heavy (non-hydrogen) atoms. The first-order valence-corrected chi connectivity index (χ1v) is 9.60. The molecule has 1 N–H and O–H groups in total. The molecule has 2 amide bonds. The standard InChI is InChI=1S/C22H23N3O5/c1-13-9-10-16(30-13)18(26)17-19(27)20(28)25(12-11-23(2)3)22(17)14-7-5-6-8-15(14)24(4)21(22)29/h5-10,27H,11-12H2,1-4H3. The molecule has 156 valence electrons. The van der Waals surface area contributed by atoms with Crippen molar-refractivity contribution in [2.24, 2.45) is 0 Å². The van der Waals surface area contributed by atoms with Gasteiger partial charge in [0.1, 0.15) is 5.76 Å². The van der Waals surface area contributed by atoms with E-state index in [-0.39, 0.29) is 17.9 Å². The topological polar surface area (TPSA) is 94.3 Å². The lowest BCUT2D eigenvalue weighted by atomic mass is 9.81. The summed E-state index contributed by atoms with van der Waals surface area (Å²) in [6.07, 6.45) is 0. The fourth-order valence-electron chi connectivity index (χ4n) is 4.26. The third-order valence-electron chi connectivity index (χ3n) is 5.68. The molecule has 3 heterocycles. The van der Waals surface area contributed by atoms with Gasteiger partial charge in [0.2, 0.25) is 5.78 Å². The lowest BCUT2D eigenvalue weighted by Gasteiger charge is -2.36. The molecular weight excluding hydrogens is 386 g/mol. The van der Waals surface area contributed by atoms with E-state index in [4.69, 9.17) is 4.42 Å². The van der Waals surface area contributed by atoms with Crippen molar-refractivity contribution < 1.29 is 23.9 Å². The number of carbonyl (C=O) groups is 3. The van der Waals surface area contributed by atoms with Gasteiger partial charge in [-0.1, -0.05) is 18.2 Å². The normalized spacial score (nSPS) is 20.8. The summed E-state index contributed by atoms with van der Waals surface area (Å²) < 4.78 is 5.47. The number of fused-ring (bicyclic) bond motifs is 2. The number of para-hydroxylation sites is 1. The second kappa shape index (κ2) is 6.84. The fraction of sp³-hybridized carbons (Fsp3) is 0.318. The average molecular weight is 409 g/mol. The molecule has 1 unspecified atom stereocenters. The molecule has 1 spiro atoms. The molecule has 1 aromatic carbocycles. The van der Waals surface area contributed by atoms with E-state index in [0.29, 0.717) is 23.6 Å². The number of aliphatic hydroxyl groups excluding tert-OH is 1. The SMILES string of the molecule is Cc1ccc(C(=O)C2=C(O)C(=O)N(CCN(C)C)C23C(=O)N(C)c2ccccc23)o1. The first kappa shape index (κ1) is 19.9. The van der Waals surface area contributed by atoms with Gasteiger partial charge in [0.05, 0.1) is 5.57 Å². The Morgan fingerprint density at radius 1 is 1.17 bits per heavy atom. The highest BCUT2D eigenvalue weighted by molar-refractivity contribution is 6.25. The Morgan fingerprint density at radius 2 is 1.87 bits per heavy atom. The molecule has 8 heteroatoms. The van der Waals surface area contributed by atoms with Gasteiger partial charge in [-0.05, 0) is 39.2 Å². The lowest BCUT2D eigenvalue weighted by molar-refractivity contribution is -0.139. The van der Waals surface area contributed by atoms with Gasteiger partial charge in [-0.15, -0.1) is 0 Å². The molecule has 0 saturated heterocycles. The van der Waals surface area contributed by atoms with Crippen LogP contribution in [0.1, 0.15) is 21.9 Å². The van der Waals surface area contributed by atoms with Crippen molar-refractivity contribution >= 4 is 23.3 Å². The number of rotatable bonds is 5. The fourth-order valence-corrected chi connectivity index (χ4v) is 4.26. The summed E-state index contributed by atoms with van der Waals surface area (Å²) in [5.41, 5.74) is -0.927. The van der Waals surface area contributed by atoms with Gasteiger partial charge in [-0.2, -0.15) is 0 Å². The summed E-state index contributed by atoms with van der Waals surface area (Å²) in [5, 5.41) is 10.8. The summed E-state index contributed by atoms with van der Waals surface area (Å²) in [5.74, 6) is -2.13. The average Bonchev–Trinajstić information content (AvgIpc) is 3.31. The minimum atomic E-state index is -1.74. The number of amides is 2. The van der Waals surface area contributed by atoms with Crippen LogP contribution in [-0.4, -0.2) is 66.7 Å². The van der Waals surface area contributed by atoms with Crippen LogP contribution < -0.4 is 4.90 Å². The van der Waals surface area contributed by atoms with Crippen LogP contribution in [-0.2, 0) is 15.1 Å². The van der Waals surface area contributed by atoms with Gasteiger partial charge >= 0.3 is 0 Å². The van der Waals surface area contributed by atoms with Crippen LogP contribution in [0.2, 0.25) is 0 Å². The highest BCUT2D eigenvalue weighted by atomic mass is 16.3. The Balaban J connectivity index is 1.97. The number of aryl methyl sites for hydroxylation is 1. The smallest absolute Gasteiger partial charge is 0.290 e. The molecule has 2 aromatic rings. The molecule has 0 aliphatic carbocycles. The maximum absolute atomic E-state index is 13.7. The van der Waals surface area contributed by atoms with Gasteiger partial charge in [-0.25, -0.2) is 0 Å². The number of Topliss-reactive ketones (excluding diaryl/α,β-unsaturated/α-hetero) is 1. The Hall–Kier alpha value is -3.39. The first-order valence-electron chi connectivity index (χ1n) is 9.60. The molecule has 0 saturated carbocycles. The van der Waals surface area contributed by atoms with Crippen LogP contribution in [0.5, 0.6) is 0 Å². The van der Waals surface area contributed by atoms with E-state index >= 15 is 0 Å². The van der Waals surface area contributed by atoms with E-state index in [2.05, 4.69) is 0 Å². The van der Waals surface area contributed by atoms with Gasteiger partial charge in [0, 0.05) is 31.4 Å². The van der Waals surface area contributed by atoms with Gasteiger partial charge in [0.25, 0.3) is 11.8 Å². The number of carbonyl (C=O) groups excluding carboxylic acids is 3. The van der Waals surface area contributed by atoms with Crippen molar-refractivity contribution in [3.8, 4) is 0 Å². The quantitative estimate of drug-likeness (QED) is 0.758. The van der Waals surface area contributed by atoms with E-state index in [1.165, 1.54) is 15.9 Å². The van der Waals surface area contributed by atoms with E-state index in [0.717, 1.165) is 0 Å². The number of hydrogen-bond donors (Lipinski definition) is 1. The second-order valence-corrected chi connectivity index (χ2v) is 7.81. The van der Waals surface area contributed by atoms with Gasteiger partial charge in [0.15, 0.2) is 17.1 Å². The van der Waals surface area contributed by atoms with E-state index in [1.54, 1.807) is 44.3 Å². The van der Waals surface area contributed by atoms with Crippen molar-refractivity contribution in [1.82, 2.24) is 9.80 Å². The highest BCUT2D eigenvalue weighted by Gasteiger charge is 2.65. The maximum atomic E-state index is 13.7. The second-order valence-electron chi connectivity index (χ2n) is 7.81. The van der Waals surface area contributed by atoms with Crippen molar-refractivity contribution in [3.63, 3.8) is 0 Å². The molecule has 2 aliphatic rings. The number of furan rings is 1. The molecule has 8 nitrogen and oxygen atoms in total. The van der Waals surface area contributed by atoms with E-state index in [1.807, 2.05) is 19.0 Å². The number of likely N-dealkylation sites (N-methyl/N-ethyl adjacent to an activating group) is 2. The maximum Gasteiger partial charge on any atom is 0.290 e. The third-order valence-corrected chi connectivity index (χ3v) is 5.68. The van der Waals surface area contributed by atoms with Crippen LogP contribution in [0.3, 0.4) is 0 Å². The molecule has 0 bridgehead atoms. The molecule has 1 aromatic heterocycles. The Morgan fingerprint density at radius 3 is 2.50 bits per heavy atom. The summed E-state index contributed by atoms with van der Waals surface area (Å²) in [6, 6.07) is 10.1. The molecule has 1 atom stereocenters. The zero-order valence-corrected chi connectivity index (χ0v) is 17.3. The number of benzene rings is 1. The van der Waals surface area contributed by atoms with Gasteiger partial charge < -0.3 is 24.2 Å². The monoisotopic (exact) mass is 409 g/mol. The van der Waals surface area contributed by atoms with Crippen LogP contribution in [0.4, 0.5) is 5.69 Å². The van der Waals surface area contributed by atoms with Gasteiger partial charge in [-0.3, -0.25) is 14.4 Å². The van der Waals surface area contributed by atoms with Crippen LogP contribution >= 0.6 is 0 Å². The zero-order chi connectivity index (χ0) is 21.8. The van der Waals surface area contributed by atoms with E-state index < -0.39 is 28.9 Å². The van der Waals surface area contributed by atoms with Crippen molar-refractivity contribution in [2.45, 2.75) is 12.5 Å². The molecular formula is C22H23N3O5. The molecule has 4 rings (SSSR count). The largest absolute Gasteiger partial charge is 0.503 e. The zero-order valence-electron chi connectivity index (χ0n) is 17.3. The van der Waals surface area contributed by atoms with Crippen LogP contribution in [0, 0.1) is 6.92 Å². The number of anilines is 1. The van der Waals surface area contributed by atoms with Crippen molar-refractivity contribution in [1.29, 1.82) is 0 Å². The molecule has 0 radical (unpaired) electrons. The molecule has 0 fully saturated rings. The Bertz CT molecular complexity index is 1100. The number of hydrogen-bond acceptors (Lipinski definition) is 6. The number of aliphatic hydroxyl groups is 1. The third kappa shape index (κ3) is 2.53. The minimum absolute atomic E-state index is 0.0319. The summed E-state index contributed by atoms with van der Waals surface area (Å²) in [7, 11) is 5.28. The Kier molecular flexibility index (Phi) is 4.54. The van der Waals surface area contributed by atoms with Crippen molar-refractivity contribution in [2.75, 3.05) is 39.1 Å². The lowest BCUT2D eigenvalue weighted by Crippen LogP contribution is -2.54. The predicted octanol–water partition coefficient (Wildman–Crippen LogP) is 1.86. The van der Waals surface area contributed by atoms with Crippen LogP contribution in [0.25, 0.3) is 0 Å². The Labute approximate surface area is 174 Å².